The third-order valence-electron chi connectivity index (χ3n) is 4.30. The van der Waals surface area contributed by atoms with Gasteiger partial charge in [-0.3, -0.25) is 4.79 Å². The summed E-state index contributed by atoms with van der Waals surface area (Å²) in [6, 6.07) is 18.8. The third kappa shape index (κ3) is 5.26. The Morgan fingerprint density at radius 1 is 1.14 bits per heavy atom. The molecule has 3 aromatic rings. The monoisotopic (exact) mass is 424 g/mol. The molecular formula is C22H18Cl2N4O. The highest BCUT2D eigenvalue weighted by atomic mass is 35.5. The quantitative estimate of drug-likeness (QED) is 0.457. The number of hydrogen-bond acceptors (Lipinski definition) is 3. The summed E-state index contributed by atoms with van der Waals surface area (Å²) in [6.07, 6.45) is 1.48. The van der Waals surface area contributed by atoms with Crippen molar-refractivity contribution in [2.75, 3.05) is 0 Å². The van der Waals surface area contributed by atoms with Gasteiger partial charge in [0.05, 0.1) is 12.2 Å². The van der Waals surface area contributed by atoms with Crippen LogP contribution in [0.3, 0.4) is 0 Å². The van der Waals surface area contributed by atoms with E-state index in [2.05, 4.69) is 10.4 Å². The first kappa shape index (κ1) is 20.7. The molecule has 0 radical (unpaired) electrons. The smallest absolute Gasteiger partial charge is 0.262 e. The number of nitriles is 1. The third-order valence-corrected chi connectivity index (χ3v) is 4.96. The first-order valence-electron chi connectivity index (χ1n) is 8.89. The molecule has 0 spiro atoms. The van der Waals surface area contributed by atoms with Crippen molar-refractivity contribution >= 4 is 35.2 Å². The Labute approximate surface area is 179 Å². The maximum atomic E-state index is 12.4. The summed E-state index contributed by atoms with van der Waals surface area (Å²) in [5.74, 6) is -0.461. The van der Waals surface area contributed by atoms with Gasteiger partial charge in [0.25, 0.3) is 5.91 Å². The molecule has 0 fully saturated rings. The van der Waals surface area contributed by atoms with Crippen molar-refractivity contribution in [1.82, 2.24) is 15.1 Å². The molecule has 1 heterocycles. The van der Waals surface area contributed by atoms with Gasteiger partial charge in [-0.05, 0) is 36.3 Å². The molecule has 1 amide bonds. The summed E-state index contributed by atoms with van der Waals surface area (Å²) >= 11 is 12.4. The van der Waals surface area contributed by atoms with Gasteiger partial charge in [-0.2, -0.15) is 10.4 Å². The average Bonchev–Trinajstić information content (AvgIpc) is 2.99. The predicted octanol–water partition coefficient (Wildman–Crippen LogP) is 4.77. The van der Waals surface area contributed by atoms with Crippen LogP contribution in [0.5, 0.6) is 0 Å². The zero-order valence-electron chi connectivity index (χ0n) is 15.7. The first-order chi connectivity index (χ1) is 14.0. The predicted molar refractivity (Wildman–Crippen MR) is 114 cm³/mol. The van der Waals surface area contributed by atoms with E-state index in [-0.39, 0.29) is 5.57 Å². The minimum Gasteiger partial charge on any atom is -0.347 e. The Morgan fingerprint density at radius 2 is 1.83 bits per heavy atom. The van der Waals surface area contributed by atoms with E-state index in [0.29, 0.717) is 34.5 Å². The van der Waals surface area contributed by atoms with Crippen LogP contribution in [0.25, 0.3) is 6.08 Å². The second-order valence-electron chi connectivity index (χ2n) is 6.41. The summed E-state index contributed by atoms with van der Waals surface area (Å²) in [6.45, 7) is 2.57. The molecule has 29 heavy (non-hydrogen) atoms. The molecule has 1 aromatic heterocycles. The second kappa shape index (κ2) is 9.42. The highest BCUT2D eigenvalue weighted by Gasteiger charge is 2.16. The van der Waals surface area contributed by atoms with Crippen molar-refractivity contribution in [2.24, 2.45) is 0 Å². The number of hydrogen-bond donors (Lipinski definition) is 1. The summed E-state index contributed by atoms with van der Waals surface area (Å²) in [5, 5.41) is 17.6. The zero-order chi connectivity index (χ0) is 20.8. The van der Waals surface area contributed by atoms with Crippen LogP contribution < -0.4 is 5.32 Å². The van der Waals surface area contributed by atoms with Crippen LogP contribution in [0.2, 0.25) is 10.2 Å². The number of aromatic nitrogens is 2. The lowest BCUT2D eigenvalue weighted by Gasteiger charge is -2.05. The highest BCUT2D eigenvalue weighted by Crippen LogP contribution is 2.24. The van der Waals surface area contributed by atoms with Gasteiger partial charge in [0.2, 0.25) is 0 Å². The number of nitrogens with one attached hydrogen (secondary N) is 1. The Hall–Kier alpha value is -3.07. The van der Waals surface area contributed by atoms with Gasteiger partial charge in [-0.1, -0.05) is 65.7 Å². The van der Waals surface area contributed by atoms with Gasteiger partial charge in [-0.15, -0.1) is 0 Å². The normalized spacial score (nSPS) is 11.2. The van der Waals surface area contributed by atoms with E-state index in [4.69, 9.17) is 23.2 Å². The number of aryl methyl sites for hydroxylation is 1. The van der Waals surface area contributed by atoms with Gasteiger partial charge in [0, 0.05) is 17.1 Å². The van der Waals surface area contributed by atoms with E-state index < -0.39 is 5.91 Å². The fourth-order valence-corrected chi connectivity index (χ4v) is 3.18. The molecule has 0 saturated carbocycles. The van der Waals surface area contributed by atoms with Gasteiger partial charge < -0.3 is 5.32 Å². The van der Waals surface area contributed by atoms with E-state index in [1.807, 2.05) is 48.5 Å². The van der Waals surface area contributed by atoms with Crippen LogP contribution in [0, 0.1) is 18.3 Å². The minimum atomic E-state index is -0.461. The Kier molecular flexibility index (Phi) is 6.71. The van der Waals surface area contributed by atoms with E-state index in [1.165, 1.54) is 6.08 Å². The van der Waals surface area contributed by atoms with Crippen molar-refractivity contribution < 1.29 is 4.79 Å². The molecule has 0 atom stereocenters. The molecule has 0 aliphatic rings. The van der Waals surface area contributed by atoms with Gasteiger partial charge in [0.1, 0.15) is 16.8 Å². The molecular weight excluding hydrogens is 407 g/mol. The van der Waals surface area contributed by atoms with Crippen molar-refractivity contribution in [2.45, 2.75) is 20.0 Å². The topological polar surface area (TPSA) is 70.7 Å². The molecule has 146 valence electrons. The number of carbonyl (C=O) groups excluding carboxylic acids is 1. The van der Waals surface area contributed by atoms with Crippen LogP contribution >= 0.6 is 23.2 Å². The van der Waals surface area contributed by atoms with Crippen LogP contribution in [-0.2, 0) is 17.9 Å². The first-order valence-corrected chi connectivity index (χ1v) is 9.65. The largest absolute Gasteiger partial charge is 0.347 e. The molecule has 0 aliphatic carbocycles. The molecule has 3 rings (SSSR count). The lowest BCUT2D eigenvalue weighted by Crippen LogP contribution is -2.23. The number of halogens is 2. The van der Waals surface area contributed by atoms with Crippen LogP contribution in [0.1, 0.15) is 22.4 Å². The summed E-state index contributed by atoms with van der Waals surface area (Å²) < 4.78 is 1.63. The van der Waals surface area contributed by atoms with Crippen molar-refractivity contribution in [3.05, 3.63) is 92.7 Å². The molecule has 1 N–H and O–H groups in total. The highest BCUT2D eigenvalue weighted by molar-refractivity contribution is 6.31. The molecule has 5 nitrogen and oxygen atoms in total. The summed E-state index contributed by atoms with van der Waals surface area (Å²) in [5.41, 5.74) is 3.08. The number of carbonyl (C=O) groups is 1. The molecule has 0 bridgehead atoms. The molecule has 0 unspecified atom stereocenters. The Balaban J connectivity index is 1.78. The molecule has 0 saturated heterocycles. The molecule has 0 aliphatic heterocycles. The van der Waals surface area contributed by atoms with Gasteiger partial charge >= 0.3 is 0 Å². The SMILES string of the molecule is Cc1nn(Cc2ccc(Cl)cc2)c(Cl)c1C=C(C#N)C(=O)NCc1ccccc1. The summed E-state index contributed by atoms with van der Waals surface area (Å²) in [7, 11) is 0. The number of nitrogens with zero attached hydrogens (tertiary/aromatic N) is 3. The zero-order valence-corrected chi connectivity index (χ0v) is 17.2. The van der Waals surface area contributed by atoms with E-state index in [0.717, 1.165) is 11.1 Å². The summed E-state index contributed by atoms with van der Waals surface area (Å²) in [4.78, 5) is 12.4. The van der Waals surface area contributed by atoms with Crippen LogP contribution in [0.4, 0.5) is 0 Å². The van der Waals surface area contributed by atoms with Gasteiger partial charge in [0.15, 0.2) is 0 Å². The van der Waals surface area contributed by atoms with Crippen molar-refractivity contribution in [3.8, 4) is 6.07 Å². The van der Waals surface area contributed by atoms with Crippen LogP contribution in [-0.4, -0.2) is 15.7 Å². The van der Waals surface area contributed by atoms with Crippen molar-refractivity contribution in [3.63, 3.8) is 0 Å². The maximum Gasteiger partial charge on any atom is 0.262 e. The molecule has 2 aromatic carbocycles. The lowest BCUT2D eigenvalue weighted by atomic mass is 10.1. The Bertz CT molecular complexity index is 1080. The van der Waals surface area contributed by atoms with Gasteiger partial charge in [-0.25, -0.2) is 4.68 Å². The number of benzene rings is 2. The maximum absolute atomic E-state index is 12.4. The second-order valence-corrected chi connectivity index (χ2v) is 7.21. The minimum absolute atomic E-state index is 0.0306. The van der Waals surface area contributed by atoms with Crippen LogP contribution in [0.15, 0.2) is 60.2 Å². The fraction of sp³-hybridized carbons (Fsp3) is 0.136. The lowest BCUT2D eigenvalue weighted by molar-refractivity contribution is -0.117. The Morgan fingerprint density at radius 3 is 2.48 bits per heavy atom. The number of amides is 1. The van der Waals surface area contributed by atoms with E-state index in [1.54, 1.807) is 23.7 Å². The van der Waals surface area contributed by atoms with E-state index in [9.17, 15) is 10.1 Å². The fourth-order valence-electron chi connectivity index (χ4n) is 2.77. The van der Waals surface area contributed by atoms with E-state index >= 15 is 0 Å². The standard InChI is InChI=1S/C22H18Cl2N4O/c1-15-20(21(24)28(27-15)14-17-7-9-19(23)10-8-17)11-18(12-25)22(29)26-13-16-5-3-2-4-6-16/h2-11H,13-14H2,1H3,(H,26,29). The van der Waals surface area contributed by atoms with Crippen molar-refractivity contribution in [1.29, 1.82) is 5.26 Å². The average molecular weight is 425 g/mol. The number of rotatable bonds is 6. The molecule has 7 heteroatoms.